The van der Waals surface area contributed by atoms with Crippen LogP contribution in [0.15, 0.2) is 12.5 Å². The number of nitrogens with zero attached hydrogens (tertiary/aromatic N) is 1. The Balaban J connectivity index is 3.38. The van der Waals surface area contributed by atoms with Crippen LogP contribution in [0.3, 0.4) is 0 Å². The molecule has 7 amide bonds. The van der Waals surface area contributed by atoms with Gasteiger partial charge in [0, 0.05) is 24.7 Å². The zero-order chi connectivity index (χ0) is 41.8. The van der Waals surface area contributed by atoms with E-state index < -0.39 is 102 Å². The molecule has 15 N–H and O–H groups in total. The highest BCUT2D eigenvalue weighted by molar-refractivity contribution is 5.97. The average molecular weight is 782 g/mol. The highest BCUT2D eigenvalue weighted by Crippen LogP contribution is 2.10. The van der Waals surface area contributed by atoms with Crippen LogP contribution in [0.5, 0.6) is 0 Å². The Kier molecular flexibility index (Phi) is 20.6. The summed E-state index contributed by atoms with van der Waals surface area (Å²) in [5.41, 5.74) is 16.9. The summed E-state index contributed by atoms with van der Waals surface area (Å²) in [5, 5.41) is 33.0. The molecule has 0 saturated heterocycles. The molecule has 1 aromatic rings. The minimum atomic E-state index is -1.74. The number of hydrogen-bond donors (Lipinski definition) is 12. The van der Waals surface area contributed by atoms with Crippen molar-refractivity contribution < 1.29 is 53.4 Å². The smallest absolute Gasteiger partial charge is 0.325 e. The number of carbonyl (C=O) groups excluding carboxylic acids is 7. The van der Waals surface area contributed by atoms with Gasteiger partial charge in [-0.25, -0.2) is 4.98 Å². The van der Waals surface area contributed by atoms with Crippen molar-refractivity contribution >= 4 is 53.3 Å². The molecule has 1 aromatic heterocycles. The molecule has 22 heteroatoms. The number of nitrogens with two attached hydrogens (primary N) is 3. The van der Waals surface area contributed by atoms with Gasteiger partial charge in [-0.1, -0.05) is 13.8 Å². The van der Waals surface area contributed by atoms with Crippen LogP contribution in [0.1, 0.15) is 78.3 Å². The number of amides is 7. The van der Waals surface area contributed by atoms with Crippen LogP contribution >= 0.6 is 0 Å². The quantitative estimate of drug-likeness (QED) is 0.0402. The summed E-state index contributed by atoms with van der Waals surface area (Å²) in [6, 6.07) is -9.49. The first kappa shape index (κ1) is 47.4. The van der Waals surface area contributed by atoms with E-state index >= 15 is 0 Å². The Bertz CT molecular complexity index is 1490. The van der Waals surface area contributed by atoms with Crippen molar-refractivity contribution in [3.05, 3.63) is 18.2 Å². The van der Waals surface area contributed by atoms with E-state index in [9.17, 15) is 48.3 Å². The lowest BCUT2D eigenvalue weighted by molar-refractivity contribution is -0.143. The molecule has 7 atom stereocenters. The minimum absolute atomic E-state index is 0.00966. The van der Waals surface area contributed by atoms with Crippen LogP contribution in [0.2, 0.25) is 0 Å². The molecule has 0 aliphatic heterocycles. The van der Waals surface area contributed by atoms with E-state index in [-0.39, 0.29) is 38.0 Å². The van der Waals surface area contributed by atoms with Crippen molar-refractivity contribution in [2.45, 2.75) is 121 Å². The third kappa shape index (κ3) is 18.3. The van der Waals surface area contributed by atoms with E-state index in [0.717, 1.165) is 6.92 Å². The molecule has 0 radical (unpaired) electrons. The summed E-state index contributed by atoms with van der Waals surface area (Å²) < 4.78 is 0. The molecule has 1 heterocycles. The lowest BCUT2D eigenvalue weighted by Crippen LogP contribution is -2.60. The molecule has 1 rings (SSSR count). The molecule has 0 bridgehead atoms. The summed E-state index contributed by atoms with van der Waals surface area (Å²) >= 11 is 0. The molecule has 0 aliphatic carbocycles. The number of nitrogens with one attached hydrogen (secondary N) is 7. The topological polar surface area (TPSA) is 373 Å². The molecule has 0 aliphatic rings. The molecular weight excluding hydrogens is 726 g/mol. The number of imidazole rings is 1. The van der Waals surface area contributed by atoms with Crippen molar-refractivity contribution in [2.75, 3.05) is 6.54 Å². The number of aromatic nitrogens is 2. The summed E-state index contributed by atoms with van der Waals surface area (Å²) in [5.74, 6) is -9.22. The van der Waals surface area contributed by atoms with Gasteiger partial charge >= 0.3 is 11.9 Å². The molecular formula is C33H55N11O11. The zero-order valence-electron chi connectivity index (χ0n) is 31.4. The number of aliphatic carboxylic acids is 2. The maximum Gasteiger partial charge on any atom is 0.325 e. The summed E-state index contributed by atoms with van der Waals surface area (Å²) in [6.45, 7) is 6.37. The molecule has 22 nitrogen and oxygen atoms in total. The summed E-state index contributed by atoms with van der Waals surface area (Å²) in [4.78, 5) is 121. The van der Waals surface area contributed by atoms with Gasteiger partial charge in [-0.15, -0.1) is 0 Å². The van der Waals surface area contributed by atoms with E-state index in [0.29, 0.717) is 25.1 Å². The minimum Gasteiger partial charge on any atom is -0.481 e. The normalized spacial score (nSPS) is 14.8. The van der Waals surface area contributed by atoms with Gasteiger partial charge in [0.2, 0.25) is 41.4 Å². The molecule has 0 spiro atoms. The fraction of sp³-hybridized carbons (Fsp3) is 0.636. The predicted octanol–water partition coefficient (Wildman–Crippen LogP) is -3.77. The Morgan fingerprint density at radius 3 is 1.73 bits per heavy atom. The van der Waals surface area contributed by atoms with Crippen molar-refractivity contribution in [1.29, 1.82) is 0 Å². The van der Waals surface area contributed by atoms with Crippen molar-refractivity contribution in [3.63, 3.8) is 0 Å². The van der Waals surface area contributed by atoms with Crippen molar-refractivity contribution in [1.82, 2.24) is 41.9 Å². The lowest BCUT2D eigenvalue weighted by Gasteiger charge is -2.28. The number of unbranched alkanes of at least 4 members (excludes halogenated alkanes) is 1. The zero-order valence-corrected chi connectivity index (χ0v) is 31.4. The molecule has 308 valence electrons. The average Bonchev–Trinajstić information content (AvgIpc) is 3.61. The Labute approximate surface area is 317 Å². The highest BCUT2D eigenvalue weighted by Gasteiger charge is 2.34. The maximum atomic E-state index is 13.8. The SMILES string of the molecule is CC(C)CC(NC(=O)C(CCC(N)=O)NC(=O)C(CCCCN)NC(=O)C(C)N)C(=O)NC(Cc1cnc[nH]1)C(=O)NC(CC(=O)O)C(=O)NC(C)C(=O)O. The van der Waals surface area contributed by atoms with Crippen LogP contribution in [-0.2, 0) is 49.6 Å². The van der Waals surface area contributed by atoms with E-state index in [1.165, 1.54) is 19.4 Å². The van der Waals surface area contributed by atoms with Gasteiger partial charge in [-0.3, -0.25) is 43.2 Å². The monoisotopic (exact) mass is 781 g/mol. The third-order valence-electron chi connectivity index (χ3n) is 8.00. The van der Waals surface area contributed by atoms with Gasteiger partial charge in [-0.2, -0.15) is 0 Å². The number of H-pyrrole nitrogens is 1. The van der Waals surface area contributed by atoms with Crippen LogP contribution in [0.4, 0.5) is 0 Å². The third-order valence-corrected chi connectivity index (χ3v) is 8.00. The standard InChI is InChI=1S/C33H55N11O11/c1-16(2)11-22(42-29(50)21(8-9-25(36)45)41-28(49)20(7-5-6-10-34)40-27(48)17(3)35)31(52)43-23(12-19-14-37-15-38-19)32(53)44-24(13-26(46)47)30(51)39-18(4)33(54)55/h14-18,20-24H,5-13,34-35H2,1-4H3,(H2,36,45)(H,37,38)(H,39,51)(H,40,48)(H,41,49)(H,42,50)(H,43,52)(H,44,53)(H,46,47)(H,54,55). The Morgan fingerprint density at radius 2 is 1.22 bits per heavy atom. The lowest BCUT2D eigenvalue weighted by atomic mass is 10.0. The molecule has 0 aromatic carbocycles. The first-order valence-electron chi connectivity index (χ1n) is 17.7. The van der Waals surface area contributed by atoms with Gasteiger partial charge in [0.15, 0.2) is 0 Å². The van der Waals surface area contributed by atoms with Gasteiger partial charge in [0.25, 0.3) is 0 Å². The maximum absolute atomic E-state index is 13.8. The number of aromatic amines is 1. The first-order valence-corrected chi connectivity index (χ1v) is 17.7. The highest BCUT2D eigenvalue weighted by atomic mass is 16.4. The Morgan fingerprint density at radius 1 is 0.709 bits per heavy atom. The number of hydrogen-bond acceptors (Lipinski definition) is 12. The van der Waals surface area contributed by atoms with E-state index in [2.05, 4.69) is 41.9 Å². The number of carboxylic acid groups (broad SMARTS) is 2. The van der Waals surface area contributed by atoms with E-state index in [1.807, 2.05) is 0 Å². The van der Waals surface area contributed by atoms with Crippen molar-refractivity contribution in [3.8, 4) is 0 Å². The fourth-order valence-electron chi connectivity index (χ4n) is 5.00. The van der Waals surface area contributed by atoms with Gasteiger partial charge in [0.05, 0.1) is 18.8 Å². The number of rotatable bonds is 26. The first-order chi connectivity index (χ1) is 25.7. The number of carbonyl (C=O) groups is 9. The van der Waals surface area contributed by atoms with E-state index in [1.54, 1.807) is 13.8 Å². The largest absolute Gasteiger partial charge is 0.481 e. The molecule has 55 heavy (non-hydrogen) atoms. The van der Waals surface area contributed by atoms with Gasteiger partial charge < -0.3 is 64.3 Å². The number of carboxylic acids is 2. The summed E-state index contributed by atoms with van der Waals surface area (Å²) in [7, 11) is 0. The van der Waals surface area contributed by atoms with Gasteiger partial charge in [-0.05, 0) is 58.4 Å². The van der Waals surface area contributed by atoms with Crippen LogP contribution < -0.4 is 49.1 Å². The van der Waals surface area contributed by atoms with Crippen molar-refractivity contribution in [2.24, 2.45) is 23.1 Å². The second-order valence-corrected chi connectivity index (χ2v) is 13.5. The van der Waals surface area contributed by atoms with Crippen LogP contribution in [-0.4, -0.2) is 122 Å². The predicted molar refractivity (Wildman–Crippen MR) is 194 cm³/mol. The van der Waals surface area contributed by atoms with E-state index in [4.69, 9.17) is 22.3 Å². The van der Waals surface area contributed by atoms with Crippen LogP contribution in [0, 0.1) is 5.92 Å². The molecule has 0 fully saturated rings. The number of primary amides is 1. The Hall–Kier alpha value is -5.64. The molecule has 7 unspecified atom stereocenters. The van der Waals surface area contributed by atoms with Gasteiger partial charge in [0.1, 0.15) is 36.3 Å². The second kappa shape index (κ2) is 23.9. The second-order valence-electron chi connectivity index (χ2n) is 13.5. The summed E-state index contributed by atoms with van der Waals surface area (Å²) in [6.07, 6.45) is 1.99. The fourth-order valence-corrected chi connectivity index (χ4v) is 5.00. The molecule has 0 saturated carbocycles. The van der Waals surface area contributed by atoms with Crippen LogP contribution in [0.25, 0.3) is 0 Å².